The van der Waals surface area contributed by atoms with E-state index in [0.29, 0.717) is 25.2 Å². The number of carbonyl (C=O) groups is 2. The SMILES string of the molecule is O=C(NCc1ccc(F)cc1)c1ccc(N2CCNC2=O)cc1. The zero-order chi connectivity index (χ0) is 16.2. The predicted molar refractivity (Wildman–Crippen MR) is 84.8 cm³/mol. The Hall–Kier alpha value is -2.89. The van der Waals surface area contributed by atoms with Crippen molar-refractivity contribution in [3.8, 4) is 0 Å². The highest BCUT2D eigenvalue weighted by Gasteiger charge is 2.21. The van der Waals surface area contributed by atoms with E-state index in [1.54, 1.807) is 41.3 Å². The zero-order valence-electron chi connectivity index (χ0n) is 12.4. The number of carbonyl (C=O) groups excluding carboxylic acids is 2. The Balaban J connectivity index is 1.61. The van der Waals surface area contributed by atoms with Gasteiger partial charge in [-0.25, -0.2) is 9.18 Å². The molecule has 2 aromatic rings. The summed E-state index contributed by atoms with van der Waals surface area (Å²) in [6.45, 7) is 1.57. The van der Waals surface area contributed by atoms with Crippen molar-refractivity contribution in [2.75, 3.05) is 18.0 Å². The molecule has 118 valence electrons. The lowest BCUT2D eigenvalue weighted by atomic mass is 10.1. The summed E-state index contributed by atoms with van der Waals surface area (Å²) < 4.78 is 12.8. The molecule has 0 aliphatic carbocycles. The van der Waals surface area contributed by atoms with Crippen molar-refractivity contribution in [2.45, 2.75) is 6.54 Å². The molecule has 5 nitrogen and oxygen atoms in total. The van der Waals surface area contributed by atoms with Gasteiger partial charge in [-0.15, -0.1) is 0 Å². The molecule has 1 heterocycles. The molecule has 3 rings (SSSR count). The second-order valence-corrected chi connectivity index (χ2v) is 5.24. The summed E-state index contributed by atoms with van der Waals surface area (Å²) >= 11 is 0. The fourth-order valence-corrected chi connectivity index (χ4v) is 2.40. The standard InChI is InChI=1S/C17H16FN3O2/c18-14-5-1-12(2-6-14)11-20-16(22)13-3-7-15(8-4-13)21-10-9-19-17(21)23/h1-8H,9-11H2,(H,19,23)(H,20,22). The molecular formula is C17H16FN3O2. The lowest BCUT2D eigenvalue weighted by Gasteiger charge is -2.14. The maximum atomic E-state index is 12.8. The van der Waals surface area contributed by atoms with Gasteiger partial charge < -0.3 is 10.6 Å². The van der Waals surface area contributed by atoms with Gasteiger partial charge in [-0.05, 0) is 42.0 Å². The molecule has 0 bridgehead atoms. The third-order valence-corrected chi connectivity index (χ3v) is 3.66. The number of urea groups is 1. The van der Waals surface area contributed by atoms with E-state index in [4.69, 9.17) is 0 Å². The molecule has 0 saturated carbocycles. The molecule has 3 amide bonds. The highest BCUT2D eigenvalue weighted by molar-refractivity contribution is 5.96. The summed E-state index contributed by atoms with van der Waals surface area (Å²) in [5.74, 6) is -0.520. The van der Waals surface area contributed by atoms with Crippen LogP contribution in [0.5, 0.6) is 0 Å². The molecule has 1 fully saturated rings. The van der Waals surface area contributed by atoms with Gasteiger partial charge in [0, 0.05) is 30.9 Å². The molecule has 1 saturated heterocycles. The Bertz CT molecular complexity index is 714. The molecule has 6 heteroatoms. The summed E-state index contributed by atoms with van der Waals surface area (Å²) in [5.41, 5.74) is 2.09. The van der Waals surface area contributed by atoms with Crippen LogP contribution in [0.25, 0.3) is 0 Å². The first-order valence-electron chi connectivity index (χ1n) is 7.31. The molecular weight excluding hydrogens is 297 g/mol. The molecule has 0 aromatic heterocycles. The van der Waals surface area contributed by atoms with Crippen molar-refractivity contribution in [3.63, 3.8) is 0 Å². The summed E-state index contributed by atoms with van der Waals surface area (Å²) in [6.07, 6.45) is 0. The van der Waals surface area contributed by atoms with Crippen molar-refractivity contribution < 1.29 is 14.0 Å². The fraction of sp³-hybridized carbons (Fsp3) is 0.176. The molecule has 2 N–H and O–H groups in total. The first-order valence-corrected chi connectivity index (χ1v) is 7.31. The average molecular weight is 313 g/mol. The van der Waals surface area contributed by atoms with E-state index in [2.05, 4.69) is 10.6 Å². The van der Waals surface area contributed by atoms with Crippen molar-refractivity contribution in [1.29, 1.82) is 0 Å². The van der Waals surface area contributed by atoms with Gasteiger partial charge in [0.2, 0.25) is 0 Å². The lowest BCUT2D eigenvalue weighted by Crippen LogP contribution is -2.27. The van der Waals surface area contributed by atoms with Crippen LogP contribution in [0.4, 0.5) is 14.9 Å². The third-order valence-electron chi connectivity index (χ3n) is 3.66. The molecule has 0 atom stereocenters. The first kappa shape index (κ1) is 15.0. The maximum Gasteiger partial charge on any atom is 0.321 e. The number of rotatable bonds is 4. The maximum absolute atomic E-state index is 12.8. The van der Waals surface area contributed by atoms with Crippen molar-refractivity contribution >= 4 is 17.6 Å². The van der Waals surface area contributed by atoms with Gasteiger partial charge in [0.15, 0.2) is 0 Å². The van der Waals surface area contributed by atoms with Crippen molar-refractivity contribution in [1.82, 2.24) is 10.6 Å². The molecule has 0 unspecified atom stereocenters. The van der Waals surface area contributed by atoms with Gasteiger partial charge in [0.1, 0.15) is 5.82 Å². The lowest BCUT2D eigenvalue weighted by molar-refractivity contribution is 0.0951. The van der Waals surface area contributed by atoms with E-state index in [9.17, 15) is 14.0 Å². The van der Waals surface area contributed by atoms with Crippen LogP contribution in [0.1, 0.15) is 15.9 Å². The molecule has 2 aromatic carbocycles. The number of hydrogen-bond donors (Lipinski definition) is 2. The number of benzene rings is 2. The molecule has 1 aliphatic rings. The fourth-order valence-electron chi connectivity index (χ4n) is 2.40. The van der Waals surface area contributed by atoms with Crippen molar-refractivity contribution in [3.05, 3.63) is 65.5 Å². The Morgan fingerprint density at radius 3 is 2.43 bits per heavy atom. The van der Waals surface area contributed by atoms with Crippen molar-refractivity contribution in [2.24, 2.45) is 0 Å². The second-order valence-electron chi connectivity index (χ2n) is 5.24. The van der Waals surface area contributed by atoms with Crippen LogP contribution < -0.4 is 15.5 Å². The molecule has 0 spiro atoms. The topological polar surface area (TPSA) is 61.4 Å². The van der Waals surface area contributed by atoms with Crippen LogP contribution in [-0.2, 0) is 6.54 Å². The van der Waals surface area contributed by atoms with Gasteiger partial charge in [-0.2, -0.15) is 0 Å². The van der Waals surface area contributed by atoms with Crippen LogP contribution in [0.2, 0.25) is 0 Å². The van der Waals surface area contributed by atoms with Crippen LogP contribution in [0, 0.1) is 5.82 Å². The van der Waals surface area contributed by atoms with Gasteiger partial charge in [-0.3, -0.25) is 9.69 Å². The van der Waals surface area contributed by atoms with Gasteiger partial charge >= 0.3 is 6.03 Å². The van der Waals surface area contributed by atoms with Crippen LogP contribution >= 0.6 is 0 Å². The minimum atomic E-state index is -0.304. The summed E-state index contributed by atoms with van der Waals surface area (Å²) in [7, 11) is 0. The smallest absolute Gasteiger partial charge is 0.321 e. The Labute approximate surface area is 133 Å². The van der Waals surface area contributed by atoms with E-state index in [1.807, 2.05) is 0 Å². The monoisotopic (exact) mass is 313 g/mol. The number of hydrogen-bond acceptors (Lipinski definition) is 2. The first-order chi connectivity index (χ1) is 11.1. The van der Waals surface area contributed by atoms with E-state index in [1.165, 1.54) is 12.1 Å². The largest absolute Gasteiger partial charge is 0.348 e. The number of anilines is 1. The highest BCUT2D eigenvalue weighted by Crippen LogP contribution is 2.17. The number of halogens is 1. The third kappa shape index (κ3) is 3.48. The zero-order valence-corrected chi connectivity index (χ0v) is 12.4. The predicted octanol–water partition coefficient (Wildman–Crippen LogP) is 2.29. The Kier molecular flexibility index (Phi) is 4.23. The summed E-state index contributed by atoms with van der Waals surface area (Å²) in [6, 6.07) is 12.7. The van der Waals surface area contributed by atoms with E-state index in [0.717, 1.165) is 11.3 Å². The summed E-state index contributed by atoms with van der Waals surface area (Å²) in [5, 5.41) is 5.51. The van der Waals surface area contributed by atoms with E-state index < -0.39 is 0 Å². The van der Waals surface area contributed by atoms with Gasteiger partial charge in [0.25, 0.3) is 5.91 Å². The summed E-state index contributed by atoms with van der Waals surface area (Å²) in [4.78, 5) is 25.3. The highest BCUT2D eigenvalue weighted by atomic mass is 19.1. The minimum Gasteiger partial charge on any atom is -0.348 e. The van der Waals surface area contributed by atoms with Crippen LogP contribution in [-0.4, -0.2) is 25.0 Å². The Morgan fingerprint density at radius 1 is 1.13 bits per heavy atom. The number of nitrogens with zero attached hydrogens (tertiary/aromatic N) is 1. The van der Waals surface area contributed by atoms with Gasteiger partial charge in [-0.1, -0.05) is 12.1 Å². The minimum absolute atomic E-state index is 0.126. The van der Waals surface area contributed by atoms with Crippen LogP contribution in [0.15, 0.2) is 48.5 Å². The van der Waals surface area contributed by atoms with Gasteiger partial charge in [0.05, 0.1) is 0 Å². The van der Waals surface area contributed by atoms with E-state index in [-0.39, 0.29) is 17.8 Å². The molecule has 1 aliphatic heterocycles. The van der Waals surface area contributed by atoms with Crippen LogP contribution in [0.3, 0.4) is 0 Å². The quantitative estimate of drug-likeness (QED) is 0.910. The second kappa shape index (κ2) is 6.48. The molecule has 23 heavy (non-hydrogen) atoms. The normalized spacial score (nSPS) is 13.8. The average Bonchev–Trinajstić information content (AvgIpc) is 3.00. The number of nitrogens with one attached hydrogen (secondary N) is 2. The van der Waals surface area contributed by atoms with E-state index >= 15 is 0 Å². The molecule has 0 radical (unpaired) electrons. The number of amides is 3. The Morgan fingerprint density at radius 2 is 1.83 bits per heavy atom.